The van der Waals surface area contributed by atoms with Crippen LogP contribution in [0.4, 0.5) is 10.5 Å². The van der Waals surface area contributed by atoms with E-state index in [0.717, 1.165) is 11.8 Å². The van der Waals surface area contributed by atoms with Crippen LogP contribution in [0.3, 0.4) is 0 Å². The van der Waals surface area contributed by atoms with Gasteiger partial charge in [-0.3, -0.25) is 0 Å². The van der Waals surface area contributed by atoms with Crippen molar-refractivity contribution < 1.29 is 14.6 Å². The molecule has 5 nitrogen and oxygen atoms in total. The van der Waals surface area contributed by atoms with Gasteiger partial charge in [0, 0.05) is 4.75 Å². The van der Waals surface area contributed by atoms with Gasteiger partial charge in [0.1, 0.15) is 11.4 Å². The molecule has 0 spiro atoms. The zero-order chi connectivity index (χ0) is 12.9. The number of hydrogen-bond donors (Lipinski definition) is 1. The van der Waals surface area contributed by atoms with Crippen LogP contribution >= 0.6 is 11.8 Å². The van der Waals surface area contributed by atoms with Gasteiger partial charge in [-0.25, -0.2) is 4.79 Å². The summed E-state index contributed by atoms with van der Waals surface area (Å²) in [5, 5.41) is 11.2. The molecule has 0 aliphatic rings. The van der Waals surface area contributed by atoms with Crippen molar-refractivity contribution in [2.24, 2.45) is 5.18 Å². The summed E-state index contributed by atoms with van der Waals surface area (Å²) in [6.45, 7) is 3.34. The van der Waals surface area contributed by atoms with E-state index >= 15 is 0 Å². The van der Waals surface area contributed by atoms with E-state index in [2.05, 4.69) is 5.18 Å². The van der Waals surface area contributed by atoms with Crippen molar-refractivity contribution in [3.8, 4) is 5.75 Å². The summed E-state index contributed by atoms with van der Waals surface area (Å²) in [6, 6.07) is 5.89. The van der Waals surface area contributed by atoms with Crippen molar-refractivity contribution in [2.75, 3.05) is 6.61 Å². The number of aliphatic hydroxyl groups excluding tert-OH is 1. The first-order valence-electron chi connectivity index (χ1n) is 4.92. The van der Waals surface area contributed by atoms with E-state index in [0.29, 0.717) is 5.75 Å². The van der Waals surface area contributed by atoms with Crippen LogP contribution in [0.5, 0.6) is 5.75 Å². The highest BCUT2D eigenvalue weighted by atomic mass is 32.2. The molecule has 0 atom stereocenters. The van der Waals surface area contributed by atoms with Gasteiger partial charge in [-0.05, 0) is 55.1 Å². The summed E-state index contributed by atoms with van der Waals surface area (Å²) in [6.07, 6.45) is 0. The Hall–Kier alpha value is -1.40. The van der Waals surface area contributed by atoms with E-state index in [1.54, 1.807) is 13.8 Å². The Bertz CT molecular complexity index is 402. The molecule has 0 amide bonds. The fraction of sp³-hybridized carbons (Fsp3) is 0.364. The molecular weight excluding hydrogens is 242 g/mol. The number of hydrogen-bond acceptors (Lipinski definition) is 6. The summed E-state index contributed by atoms with van der Waals surface area (Å²) >= 11 is 0.910. The Morgan fingerprint density at radius 1 is 1.41 bits per heavy atom. The Labute approximate surface area is 103 Å². The van der Waals surface area contributed by atoms with Gasteiger partial charge in [0.15, 0.2) is 0 Å². The van der Waals surface area contributed by atoms with Gasteiger partial charge in [0.2, 0.25) is 0 Å². The van der Waals surface area contributed by atoms with Crippen molar-refractivity contribution in [3.63, 3.8) is 0 Å². The predicted octanol–water partition coefficient (Wildman–Crippen LogP) is 3.09. The molecule has 92 valence electrons. The third kappa shape index (κ3) is 4.54. The zero-order valence-electron chi connectivity index (χ0n) is 9.54. The van der Waals surface area contributed by atoms with Crippen molar-refractivity contribution in [1.82, 2.24) is 0 Å². The number of benzene rings is 1. The van der Waals surface area contributed by atoms with E-state index in [9.17, 15) is 9.70 Å². The SMILES string of the molecule is CC(C)(CO)SC(=O)Oc1ccc(N=O)cc1. The first-order chi connectivity index (χ1) is 7.96. The van der Waals surface area contributed by atoms with Crippen molar-refractivity contribution in [1.29, 1.82) is 0 Å². The molecule has 0 fully saturated rings. The molecule has 6 heteroatoms. The lowest BCUT2D eigenvalue weighted by Gasteiger charge is -2.18. The van der Waals surface area contributed by atoms with Gasteiger partial charge in [0.05, 0.1) is 6.61 Å². The van der Waals surface area contributed by atoms with Crippen LogP contribution in [0, 0.1) is 4.91 Å². The van der Waals surface area contributed by atoms with Crippen LogP contribution in [0.2, 0.25) is 0 Å². The number of carbonyl (C=O) groups excluding carboxylic acids is 1. The summed E-state index contributed by atoms with van der Waals surface area (Å²) in [5.74, 6) is 0.337. The maximum absolute atomic E-state index is 11.5. The Morgan fingerprint density at radius 2 is 2.00 bits per heavy atom. The maximum atomic E-state index is 11.5. The Balaban J connectivity index is 2.59. The first-order valence-corrected chi connectivity index (χ1v) is 5.73. The number of rotatable bonds is 4. The molecule has 0 saturated carbocycles. The van der Waals surface area contributed by atoms with Gasteiger partial charge in [0.25, 0.3) is 0 Å². The molecule has 17 heavy (non-hydrogen) atoms. The Morgan fingerprint density at radius 3 is 2.47 bits per heavy atom. The van der Waals surface area contributed by atoms with Crippen molar-refractivity contribution in [2.45, 2.75) is 18.6 Å². The van der Waals surface area contributed by atoms with Crippen LogP contribution in [0.15, 0.2) is 29.4 Å². The monoisotopic (exact) mass is 255 g/mol. The summed E-state index contributed by atoms with van der Waals surface area (Å²) in [7, 11) is 0. The summed E-state index contributed by atoms with van der Waals surface area (Å²) in [4.78, 5) is 21.7. The van der Waals surface area contributed by atoms with Crippen LogP contribution in [-0.2, 0) is 0 Å². The zero-order valence-corrected chi connectivity index (χ0v) is 10.4. The fourth-order valence-corrected chi connectivity index (χ4v) is 1.60. The molecule has 1 N–H and O–H groups in total. The minimum atomic E-state index is -0.582. The Kier molecular flexibility index (Phi) is 4.65. The number of nitroso groups, excluding NO2 is 1. The average molecular weight is 255 g/mol. The molecule has 1 aromatic rings. The number of aliphatic hydroxyl groups is 1. The lowest BCUT2D eigenvalue weighted by Crippen LogP contribution is -2.23. The molecule has 0 aromatic heterocycles. The van der Waals surface area contributed by atoms with E-state index in [1.807, 2.05) is 0 Å². The highest BCUT2D eigenvalue weighted by molar-refractivity contribution is 8.14. The van der Waals surface area contributed by atoms with Crippen molar-refractivity contribution in [3.05, 3.63) is 29.2 Å². The first kappa shape index (κ1) is 13.7. The second-order valence-electron chi connectivity index (χ2n) is 3.96. The molecular formula is C11H13NO4S. The molecule has 0 radical (unpaired) electrons. The van der Waals surface area contributed by atoms with E-state index < -0.39 is 10.0 Å². The van der Waals surface area contributed by atoms with Crippen molar-refractivity contribution >= 4 is 22.8 Å². The topological polar surface area (TPSA) is 76.0 Å². The number of carbonyl (C=O) groups is 1. The number of ether oxygens (including phenoxy) is 1. The third-order valence-electron chi connectivity index (χ3n) is 1.88. The minimum Gasteiger partial charge on any atom is -0.418 e. The second kappa shape index (κ2) is 5.79. The summed E-state index contributed by atoms with van der Waals surface area (Å²) in [5.41, 5.74) is 0.271. The molecule has 1 aromatic carbocycles. The molecule has 0 aliphatic heterocycles. The normalized spacial score (nSPS) is 11.0. The van der Waals surface area contributed by atoms with Crippen LogP contribution in [0.25, 0.3) is 0 Å². The quantitative estimate of drug-likeness (QED) is 0.661. The van der Waals surface area contributed by atoms with Crippen LogP contribution in [-0.4, -0.2) is 21.8 Å². The maximum Gasteiger partial charge on any atom is 0.373 e. The lowest BCUT2D eigenvalue weighted by atomic mass is 10.2. The van der Waals surface area contributed by atoms with E-state index in [4.69, 9.17) is 9.84 Å². The number of thioether (sulfide) groups is 1. The molecule has 0 bridgehead atoms. The largest absolute Gasteiger partial charge is 0.418 e. The highest BCUT2D eigenvalue weighted by Gasteiger charge is 2.23. The van der Waals surface area contributed by atoms with E-state index in [-0.39, 0.29) is 12.3 Å². The standard InChI is InChI=1S/C11H13NO4S/c1-11(2,7-13)17-10(14)16-9-5-3-8(12-15)4-6-9/h3-6,13H,7H2,1-2H3. The predicted molar refractivity (Wildman–Crippen MR) is 66.7 cm³/mol. The fourth-order valence-electron chi connectivity index (χ4n) is 0.950. The average Bonchev–Trinajstić information content (AvgIpc) is 2.29. The molecule has 0 unspecified atom stereocenters. The lowest BCUT2D eigenvalue weighted by molar-refractivity contribution is 0.225. The molecule has 1 rings (SSSR count). The second-order valence-corrected chi connectivity index (χ2v) is 5.60. The van der Waals surface area contributed by atoms with Gasteiger partial charge in [-0.2, -0.15) is 0 Å². The van der Waals surface area contributed by atoms with Crippen LogP contribution < -0.4 is 4.74 Å². The summed E-state index contributed by atoms with van der Waals surface area (Å²) < 4.78 is 4.44. The van der Waals surface area contributed by atoms with Gasteiger partial charge in [-0.1, -0.05) is 0 Å². The third-order valence-corrected chi connectivity index (χ3v) is 2.82. The molecule has 0 heterocycles. The van der Waals surface area contributed by atoms with E-state index in [1.165, 1.54) is 24.3 Å². The highest BCUT2D eigenvalue weighted by Crippen LogP contribution is 2.27. The molecule has 0 saturated heterocycles. The van der Waals surface area contributed by atoms with Gasteiger partial charge >= 0.3 is 5.30 Å². The number of nitrogens with zero attached hydrogens (tertiary/aromatic N) is 1. The van der Waals surface area contributed by atoms with Crippen LogP contribution in [0.1, 0.15) is 13.8 Å². The smallest absolute Gasteiger partial charge is 0.373 e. The van der Waals surface area contributed by atoms with Gasteiger partial charge < -0.3 is 9.84 Å². The van der Waals surface area contributed by atoms with Gasteiger partial charge in [-0.15, -0.1) is 4.91 Å². The minimum absolute atomic E-state index is 0.124. The molecule has 0 aliphatic carbocycles.